The van der Waals surface area contributed by atoms with E-state index in [1.165, 1.54) is 11.6 Å². The van der Waals surface area contributed by atoms with Crippen molar-refractivity contribution in [3.8, 4) is 0 Å². The molecule has 0 fully saturated rings. The molecule has 4 rings (SSSR count). The molecule has 0 unspecified atom stereocenters. The average molecular weight is 425 g/mol. The van der Waals surface area contributed by atoms with Crippen molar-refractivity contribution < 1.29 is 9.21 Å². The number of hydrogen-bond acceptors (Lipinski definition) is 6. The average Bonchev–Trinajstić information content (AvgIpc) is 3.29. The van der Waals surface area contributed by atoms with Crippen molar-refractivity contribution in [1.29, 1.82) is 0 Å². The van der Waals surface area contributed by atoms with Gasteiger partial charge in [-0.2, -0.15) is 4.98 Å². The van der Waals surface area contributed by atoms with Crippen LogP contribution >= 0.6 is 0 Å². The maximum absolute atomic E-state index is 12.0. The van der Waals surface area contributed by atoms with Crippen molar-refractivity contribution in [2.45, 2.75) is 13.8 Å². The van der Waals surface area contributed by atoms with Crippen LogP contribution in [0.1, 0.15) is 17.0 Å². The summed E-state index contributed by atoms with van der Waals surface area (Å²) in [5.41, 5.74) is 4.48. The predicted molar refractivity (Wildman–Crippen MR) is 127 cm³/mol. The molecule has 0 aliphatic rings. The standard InChI is InChI=1S/C25H23N5O2/c1-17-5-7-21(8-6-17)29-25-26-18(2)16-23(30-25)27-19-9-11-20(12-10-19)28-24(31)14-13-22-4-3-15-32-22/h3-16H,1-2H3,(H,28,31)(H2,26,27,29,30)/b14-13+. The lowest BCUT2D eigenvalue weighted by Gasteiger charge is -2.11. The van der Waals surface area contributed by atoms with E-state index in [2.05, 4.69) is 25.9 Å². The minimum Gasteiger partial charge on any atom is -0.465 e. The third kappa shape index (κ3) is 5.82. The summed E-state index contributed by atoms with van der Waals surface area (Å²) in [6.07, 6.45) is 4.60. The van der Waals surface area contributed by atoms with Crippen molar-refractivity contribution in [2.75, 3.05) is 16.0 Å². The second kappa shape index (κ2) is 9.61. The zero-order valence-electron chi connectivity index (χ0n) is 17.8. The summed E-state index contributed by atoms with van der Waals surface area (Å²) in [5, 5.41) is 9.32. The molecule has 1 amide bonds. The maximum Gasteiger partial charge on any atom is 0.248 e. The Morgan fingerprint density at radius 3 is 2.28 bits per heavy atom. The highest BCUT2D eigenvalue weighted by Gasteiger charge is 2.05. The zero-order chi connectivity index (χ0) is 22.3. The normalized spacial score (nSPS) is 10.8. The van der Waals surface area contributed by atoms with Crippen LogP contribution < -0.4 is 16.0 Å². The van der Waals surface area contributed by atoms with Crippen molar-refractivity contribution in [1.82, 2.24) is 9.97 Å². The molecule has 0 saturated carbocycles. The molecular formula is C25H23N5O2. The van der Waals surface area contributed by atoms with Gasteiger partial charge < -0.3 is 20.4 Å². The first-order valence-electron chi connectivity index (χ1n) is 10.1. The third-order valence-corrected chi connectivity index (χ3v) is 4.53. The number of nitrogens with one attached hydrogen (secondary N) is 3. The molecule has 7 heteroatoms. The van der Waals surface area contributed by atoms with Crippen LogP contribution in [-0.2, 0) is 4.79 Å². The summed E-state index contributed by atoms with van der Waals surface area (Å²) >= 11 is 0. The largest absolute Gasteiger partial charge is 0.465 e. The molecule has 2 aromatic carbocycles. The second-order valence-corrected chi connectivity index (χ2v) is 7.25. The van der Waals surface area contributed by atoms with Gasteiger partial charge in [0.15, 0.2) is 0 Å². The fraction of sp³-hybridized carbons (Fsp3) is 0.0800. The van der Waals surface area contributed by atoms with Crippen LogP contribution in [0.5, 0.6) is 0 Å². The molecule has 0 radical (unpaired) electrons. The van der Waals surface area contributed by atoms with Crippen LogP contribution in [0.4, 0.5) is 28.8 Å². The first kappa shape index (κ1) is 20.9. The number of hydrogen-bond donors (Lipinski definition) is 3. The van der Waals surface area contributed by atoms with Gasteiger partial charge in [-0.25, -0.2) is 4.98 Å². The van der Waals surface area contributed by atoms with Gasteiger partial charge in [0, 0.05) is 34.9 Å². The molecule has 4 aromatic rings. The first-order chi connectivity index (χ1) is 15.5. The van der Waals surface area contributed by atoms with E-state index < -0.39 is 0 Å². The highest BCUT2D eigenvalue weighted by Crippen LogP contribution is 2.21. The Morgan fingerprint density at radius 1 is 0.875 bits per heavy atom. The third-order valence-electron chi connectivity index (χ3n) is 4.53. The fourth-order valence-electron chi connectivity index (χ4n) is 2.97. The number of carbonyl (C=O) groups is 1. The van der Waals surface area contributed by atoms with Gasteiger partial charge in [-0.05, 0) is 68.5 Å². The van der Waals surface area contributed by atoms with E-state index in [4.69, 9.17) is 4.42 Å². The molecule has 2 aromatic heterocycles. The molecule has 160 valence electrons. The maximum atomic E-state index is 12.0. The van der Waals surface area contributed by atoms with Gasteiger partial charge in [0.2, 0.25) is 11.9 Å². The Labute approximate surface area is 186 Å². The highest BCUT2D eigenvalue weighted by molar-refractivity contribution is 6.01. The monoisotopic (exact) mass is 425 g/mol. The van der Waals surface area contributed by atoms with E-state index in [1.54, 1.807) is 24.5 Å². The van der Waals surface area contributed by atoms with Crippen LogP contribution in [-0.4, -0.2) is 15.9 Å². The lowest BCUT2D eigenvalue weighted by Crippen LogP contribution is -2.07. The quantitative estimate of drug-likeness (QED) is 0.323. The number of amides is 1. The zero-order valence-corrected chi connectivity index (χ0v) is 17.8. The van der Waals surface area contributed by atoms with Crippen LogP contribution in [0, 0.1) is 13.8 Å². The molecule has 3 N–H and O–H groups in total. The SMILES string of the molecule is Cc1ccc(Nc2nc(C)cc(Nc3ccc(NC(=O)/C=C/c4ccco4)cc3)n2)cc1. The number of carbonyl (C=O) groups excluding carboxylic acids is 1. The molecule has 0 aliphatic heterocycles. The molecule has 0 saturated heterocycles. The van der Waals surface area contributed by atoms with Crippen molar-refractivity contribution in [2.24, 2.45) is 0 Å². The molecule has 2 heterocycles. The van der Waals surface area contributed by atoms with Crippen molar-refractivity contribution >= 4 is 40.8 Å². The lowest BCUT2D eigenvalue weighted by atomic mass is 10.2. The summed E-state index contributed by atoms with van der Waals surface area (Å²) in [6.45, 7) is 3.96. The Hall–Kier alpha value is -4.39. The van der Waals surface area contributed by atoms with Crippen molar-refractivity contribution in [3.63, 3.8) is 0 Å². The van der Waals surface area contributed by atoms with Crippen LogP contribution in [0.15, 0.2) is 83.5 Å². The summed E-state index contributed by atoms with van der Waals surface area (Å²) in [5.74, 6) is 1.57. The Bertz CT molecular complexity index is 1210. The Morgan fingerprint density at radius 2 is 1.56 bits per heavy atom. The van der Waals surface area contributed by atoms with E-state index in [0.29, 0.717) is 23.2 Å². The van der Waals surface area contributed by atoms with E-state index in [9.17, 15) is 4.79 Å². The molecule has 0 atom stereocenters. The Balaban J connectivity index is 1.39. The van der Waals surface area contributed by atoms with E-state index in [-0.39, 0.29) is 5.91 Å². The number of benzene rings is 2. The number of anilines is 5. The highest BCUT2D eigenvalue weighted by atomic mass is 16.3. The second-order valence-electron chi connectivity index (χ2n) is 7.25. The smallest absolute Gasteiger partial charge is 0.248 e. The lowest BCUT2D eigenvalue weighted by molar-refractivity contribution is -0.111. The minimum absolute atomic E-state index is 0.236. The summed E-state index contributed by atoms with van der Waals surface area (Å²) in [7, 11) is 0. The molecule has 0 spiro atoms. The minimum atomic E-state index is -0.236. The van der Waals surface area contributed by atoms with Crippen molar-refractivity contribution in [3.05, 3.63) is 96.1 Å². The van der Waals surface area contributed by atoms with Gasteiger partial charge >= 0.3 is 0 Å². The van der Waals surface area contributed by atoms with Gasteiger partial charge in [0.05, 0.1) is 6.26 Å². The number of aryl methyl sites for hydroxylation is 2. The summed E-state index contributed by atoms with van der Waals surface area (Å²) in [4.78, 5) is 21.0. The van der Waals surface area contributed by atoms with Crippen LogP contribution in [0.2, 0.25) is 0 Å². The van der Waals surface area contributed by atoms with Gasteiger partial charge in [-0.1, -0.05) is 17.7 Å². The van der Waals surface area contributed by atoms with E-state index in [1.807, 2.05) is 68.4 Å². The summed E-state index contributed by atoms with van der Waals surface area (Å²) in [6, 6.07) is 20.8. The molecular weight excluding hydrogens is 402 g/mol. The predicted octanol–water partition coefficient (Wildman–Crippen LogP) is 5.83. The van der Waals surface area contributed by atoms with E-state index >= 15 is 0 Å². The molecule has 32 heavy (non-hydrogen) atoms. The van der Waals surface area contributed by atoms with Gasteiger partial charge in [-0.3, -0.25) is 4.79 Å². The summed E-state index contributed by atoms with van der Waals surface area (Å²) < 4.78 is 5.17. The van der Waals surface area contributed by atoms with Gasteiger partial charge in [-0.15, -0.1) is 0 Å². The number of furan rings is 1. The molecule has 0 bridgehead atoms. The number of rotatable bonds is 7. The number of aromatic nitrogens is 2. The number of nitrogens with zero attached hydrogens (tertiary/aromatic N) is 2. The topological polar surface area (TPSA) is 92.1 Å². The Kier molecular flexibility index (Phi) is 6.27. The van der Waals surface area contributed by atoms with Gasteiger partial charge in [0.25, 0.3) is 0 Å². The van der Waals surface area contributed by atoms with Crippen LogP contribution in [0.25, 0.3) is 6.08 Å². The first-order valence-corrected chi connectivity index (χ1v) is 10.1. The molecule has 7 nitrogen and oxygen atoms in total. The van der Waals surface area contributed by atoms with Gasteiger partial charge in [0.1, 0.15) is 11.6 Å². The fourth-order valence-corrected chi connectivity index (χ4v) is 2.97. The van der Waals surface area contributed by atoms with Crippen LogP contribution in [0.3, 0.4) is 0 Å². The molecule has 0 aliphatic carbocycles. The van der Waals surface area contributed by atoms with E-state index in [0.717, 1.165) is 17.1 Å².